The summed E-state index contributed by atoms with van der Waals surface area (Å²) in [4.78, 5) is 9.58. The number of anilines is 1. The highest BCUT2D eigenvalue weighted by molar-refractivity contribution is 5.55. The minimum Gasteiger partial charge on any atom is -0.382 e. The first-order valence-corrected chi connectivity index (χ1v) is 5.89. The molecule has 0 saturated heterocycles. The van der Waals surface area contributed by atoms with Crippen molar-refractivity contribution in [3.05, 3.63) is 33.9 Å². The second-order valence-electron chi connectivity index (χ2n) is 4.90. The fourth-order valence-corrected chi connectivity index (χ4v) is 2.27. The van der Waals surface area contributed by atoms with E-state index >= 15 is 0 Å². The normalized spacial score (nSPS) is 22.7. The van der Waals surface area contributed by atoms with Crippen molar-refractivity contribution >= 4 is 11.4 Å². The minimum atomic E-state index is -4.73. The van der Waals surface area contributed by atoms with Gasteiger partial charge in [0.25, 0.3) is 5.69 Å². The number of hydrogen-bond acceptors (Lipinski definition) is 3. The molecule has 1 saturated carbocycles. The topological polar surface area (TPSA) is 55.2 Å². The van der Waals surface area contributed by atoms with Gasteiger partial charge in [0.1, 0.15) is 5.56 Å². The molecule has 0 amide bonds. The number of nitrogens with zero attached hydrogens (tertiary/aromatic N) is 1. The van der Waals surface area contributed by atoms with Crippen LogP contribution in [0.4, 0.5) is 24.5 Å². The fraction of sp³-hybridized carbons (Fsp3) is 0.500. The third-order valence-electron chi connectivity index (χ3n) is 3.24. The van der Waals surface area contributed by atoms with Gasteiger partial charge in [0.15, 0.2) is 0 Å². The van der Waals surface area contributed by atoms with E-state index < -0.39 is 22.4 Å². The molecular formula is C12H13F3N2O2. The minimum absolute atomic E-state index is 0.150. The number of nitrogens with one attached hydrogen (secondary N) is 1. The van der Waals surface area contributed by atoms with Gasteiger partial charge in [-0.15, -0.1) is 0 Å². The summed E-state index contributed by atoms with van der Waals surface area (Å²) in [6.07, 6.45) is -2.93. The number of hydrogen-bond donors (Lipinski definition) is 1. The van der Waals surface area contributed by atoms with Crippen molar-refractivity contribution in [1.82, 2.24) is 0 Å². The molecule has 0 bridgehead atoms. The maximum absolute atomic E-state index is 12.8. The molecule has 1 aromatic carbocycles. The van der Waals surface area contributed by atoms with E-state index in [9.17, 15) is 23.3 Å². The van der Waals surface area contributed by atoms with E-state index in [2.05, 4.69) is 12.2 Å². The van der Waals surface area contributed by atoms with Crippen molar-refractivity contribution in [1.29, 1.82) is 0 Å². The summed E-state index contributed by atoms with van der Waals surface area (Å²) in [5, 5.41) is 13.6. The van der Waals surface area contributed by atoms with Crippen LogP contribution < -0.4 is 5.32 Å². The fourth-order valence-electron chi connectivity index (χ4n) is 2.27. The van der Waals surface area contributed by atoms with E-state index in [1.54, 1.807) is 0 Å². The molecule has 0 aliphatic heterocycles. The number of nitro groups is 1. The summed E-state index contributed by atoms with van der Waals surface area (Å²) in [6, 6.07) is 3.17. The molecule has 1 aromatic rings. The Morgan fingerprint density at radius 3 is 2.47 bits per heavy atom. The van der Waals surface area contributed by atoms with Crippen molar-refractivity contribution < 1.29 is 18.1 Å². The third kappa shape index (κ3) is 2.97. The van der Waals surface area contributed by atoms with Gasteiger partial charge in [-0.1, -0.05) is 6.92 Å². The van der Waals surface area contributed by atoms with E-state index in [4.69, 9.17) is 0 Å². The van der Waals surface area contributed by atoms with Gasteiger partial charge in [-0.05, 0) is 30.9 Å². The first-order valence-electron chi connectivity index (χ1n) is 5.89. The zero-order valence-corrected chi connectivity index (χ0v) is 10.2. The van der Waals surface area contributed by atoms with Gasteiger partial charge >= 0.3 is 6.18 Å². The Morgan fingerprint density at radius 1 is 1.37 bits per heavy atom. The maximum Gasteiger partial charge on any atom is 0.423 e. The van der Waals surface area contributed by atoms with Gasteiger partial charge in [-0.3, -0.25) is 10.1 Å². The lowest BCUT2D eigenvalue weighted by Gasteiger charge is -2.34. The summed E-state index contributed by atoms with van der Waals surface area (Å²) in [6.45, 7) is 2.06. The molecule has 0 spiro atoms. The van der Waals surface area contributed by atoms with Gasteiger partial charge in [0, 0.05) is 17.8 Å². The molecular weight excluding hydrogens is 261 g/mol. The number of halogens is 3. The van der Waals surface area contributed by atoms with Crippen LogP contribution in [0.3, 0.4) is 0 Å². The Labute approximate surface area is 107 Å². The first-order chi connectivity index (χ1) is 8.77. The molecule has 0 unspecified atom stereocenters. The Hall–Kier alpha value is -1.79. The molecule has 0 radical (unpaired) electrons. The lowest BCUT2D eigenvalue weighted by molar-refractivity contribution is -0.388. The predicted octanol–water partition coefficient (Wildman–Crippen LogP) is 3.82. The average molecular weight is 274 g/mol. The van der Waals surface area contributed by atoms with Crippen LogP contribution in [0, 0.1) is 16.0 Å². The van der Waals surface area contributed by atoms with Crippen LogP contribution in [0.1, 0.15) is 25.3 Å². The molecule has 7 heteroatoms. The number of benzene rings is 1. The second-order valence-corrected chi connectivity index (χ2v) is 4.90. The molecule has 1 N–H and O–H groups in total. The summed E-state index contributed by atoms with van der Waals surface area (Å²) in [7, 11) is 0. The molecule has 19 heavy (non-hydrogen) atoms. The number of nitro benzene ring substituents is 1. The number of rotatable bonds is 3. The molecule has 2 rings (SSSR count). The highest BCUT2D eigenvalue weighted by Crippen LogP contribution is 2.38. The third-order valence-corrected chi connectivity index (χ3v) is 3.24. The zero-order chi connectivity index (χ0) is 14.2. The largest absolute Gasteiger partial charge is 0.423 e. The number of alkyl halides is 3. The summed E-state index contributed by atoms with van der Waals surface area (Å²) < 4.78 is 38.3. The Morgan fingerprint density at radius 2 is 2.00 bits per heavy atom. The second kappa shape index (κ2) is 4.71. The van der Waals surface area contributed by atoms with Crippen LogP contribution in [0.15, 0.2) is 18.2 Å². The monoisotopic (exact) mass is 274 g/mol. The standard InChI is InChI=1S/C12H13F3N2O2/c1-7-4-9(5-7)16-8-2-3-11(17(18)19)10(6-8)12(13,14)15/h2-3,6-7,9,16H,4-5H2,1H3. The van der Waals surface area contributed by atoms with Crippen LogP contribution >= 0.6 is 0 Å². The van der Waals surface area contributed by atoms with Crippen molar-refractivity contribution in [2.45, 2.75) is 32.0 Å². The van der Waals surface area contributed by atoms with Crippen LogP contribution in [0.25, 0.3) is 0 Å². The van der Waals surface area contributed by atoms with Crippen LogP contribution in [0.2, 0.25) is 0 Å². The molecule has 104 valence electrons. The lowest BCUT2D eigenvalue weighted by Crippen LogP contribution is -2.33. The van der Waals surface area contributed by atoms with E-state index in [-0.39, 0.29) is 11.7 Å². The predicted molar refractivity (Wildman–Crippen MR) is 63.9 cm³/mol. The molecule has 1 fully saturated rings. The Balaban J connectivity index is 2.25. The van der Waals surface area contributed by atoms with Crippen molar-refractivity contribution in [2.75, 3.05) is 5.32 Å². The van der Waals surface area contributed by atoms with E-state index in [0.29, 0.717) is 5.92 Å². The van der Waals surface area contributed by atoms with Crippen molar-refractivity contribution in [3.63, 3.8) is 0 Å². The molecule has 0 atom stereocenters. The Bertz CT molecular complexity index is 496. The summed E-state index contributed by atoms with van der Waals surface area (Å²) in [5.74, 6) is 0.567. The van der Waals surface area contributed by atoms with Crippen molar-refractivity contribution in [2.24, 2.45) is 5.92 Å². The molecule has 1 aliphatic carbocycles. The van der Waals surface area contributed by atoms with E-state index in [0.717, 1.165) is 25.0 Å². The van der Waals surface area contributed by atoms with Crippen LogP contribution in [-0.4, -0.2) is 11.0 Å². The zero-order valence-electron chi connectivity index (χ0n) is 10.2. The maximum atomic E-state index is 12.8. The Kier molecular flexibility index (Phi) is 3.38. The molecule has 0 aromatic heterocycles. The van der Waals surface area contributed by atoms with Crippen LogP contribution in [-0.2, 0) is 6.18 Å². The van der Waals surface area contributed by atoms with Gasteiger partial charge in [-0.25, -0.2) is 0 Å². The average Bonchev–Trinajstić information content (AvgIpc) is 2.25. The smallest absolute Gasteiger partial charge is 0.382 e. The van der Waals surface area contributed by atoms with Gasteiger partial charge in [-0.2, -0.15) is 13.2 Å². The van der Waals surface area contributed by atoms with Gasteiger partial charge < -0.3 is 5.32 Å². The highest BCUT2D eigenvalue weighted by atomic mass is 19.4. The van der Waals surface area contributed by atoms with Gasteiger partial charge in [0.05, 0.1) is 4.92 Å². The first kappa shape index (κ1) is 13.6. The van der Waals surface area contributed by atoms with E-state index in [1.807, 2.05) is 0 Å². The molecule has 4 nitrogen and oxygen atoms in total. The van der Waals surface area contributed by atoms with E-state index in [1.165, 1.54) is 6.07 Å². The lowest BCUT2D eigenvalue weighted by atomic mass is 9.82. The molecule has 1 aliphatic rings. The quantitative estimate of drug-likeness (QED) is 0.673. The van der Waals surface area contributed by atoms with Gasteiger partial charge in [0.2, 0.25) is 0 Å². The van der Waals surface area contributed by atoms with Crippen LogP contribution in [0.5, 0.6) is 0 Å². The highest BCUT2D eigenvalue weighted by Gasteiger charge is 2.38. The SMILES string of the molecule is CC1CC(Nc2ccc([N+](=O)[O-])c(C(F)(F)F)c2)C1. The van der Waals surface area contributed by atoms with Crippen molar-refractivity contribution in [3.8, 4) is 0 Å². The molecule has 0 heterocycles. The summed E-state index contributed by atoms with van der Waals surface area (Å²) in [5.41, 5.74) is -1.86. The summed E-state index contributed by atoms with van der Waals surface area (Å²) >= 11 is 0.